The molecule has 19 heavy (non-hydrogen) atoms. The molecule has 0 aliphatic rings. The maximum atomic E-state index is 12.1. The van der Waals surface area contributed by atoms with Crippen molar-refractivity contribution >= 4 is 5.91 Å². The van der Waals surface area contributed by atoms with E-state index in [0.29, 0.717) is 17.9 Å². The lowest BCUT2D eigenvalue weighted by molar-refractivity contribution is 0.0947. The molecule has 4 nitrogen and oxygen atoms in total. The number of hydrogen-bond donors (Lipinski definition) is 1. The maximum absolute atomic E-state index is 12.1. The van der Waals surface area contributed by atoms with Crippen molar-refractivity contribution in [3.05, 3.63) is 59.4 Å². The van der Waals surface area contributed by atoms with Gasteiger partial charge in [-0.2, -0.15) is 0 Å². The first-order valence-electron chi connectivity index (χ1n) is 6.02. The molecule has 98 valence electrons. The number of aryl methyl sites for hydroxylation is 1. The second-order valence-corrected chi connectivity index (χ2v) is 4.25. The first kappa shape index (κ1) is 13.1. The molecule has 0 saturated carbocycles. The molecule has 0 radical (unpaired) electrons. The lowest BCUT2D eigenvalue weighted by Gasteiger charge is -2.10. The van der Waals surface area contributed by atoms with Crippen LogP contribution >= 0.6 is 0 Å². The third kappa shape index (κ3) is 3.31. The molecule has 1 heterocycles. The second-order valence-electron chi connectivity index (χ2n) is 4.25. The number of methoxy groups -OCH3 is 1. The van der Waals surface area contributed by atoms with Gasteiger partial charge >= 0.3 is 0 Å². The molecule has 4 heteroatoms. The van der Waals surface area contributed by atoms with E-state index in [1.165, 1.54) is 0 Å². The number of carbonyl (C=O) groups excluding carboxylic acids is 1. The van der Waals surface area contributed by atoms with Crippen LogP contribution in [-0.2, 0) is 6.54 Å². The van der Waals surface area contributed by atoms with E-state index < -0.39 is 0 Å². The van der Waals surface area contributed by atoms with E-state index in [1.54, 1.807) is 25.6 Å². The van der Waals surface area contributed by atoms with Crippen LogP contribution in [0.5, 0.6) is 5.75 Å². The third-order valence-corrected chi connectivity index (χ3v) is 2.78. The Balaban J connectivity index is 2.10. The zero-order valence-electron chi connectivity index (χ0n) is 11.0. The summed E-state index contributed by atoms with van der Waals surface area (Å²) in [6, 6.07) is 9.29. The van der Waals surface area contributed by atoms with Crippen molar-refractivity contribution in [2.45, 2.75) is 13.5 Å². The number of amides is 1. The number of hydrogen-bond acceptors (Lipinski definition) is 3. The number of ether oxygens (including phenoxy) is 1. The fourth-order valence-electron chi connectivity index (χ4n) is 1.78. The van der Waals surface area contributed by atoms with E-state index in [9.17, 15) is 4.79 Å². The van der Waals surface area contributed by atoms with Gasteiger partial charge in [0, 0.05) is 18.9 Å². The van der Waals surface area contributed by atoms with Crippen molar-refractivity contribution in [3.63, 3.8) is 0 Å². The highest BCUT2D eigenvalue weighted by Crippen LogP contribution is 2.19. The number of nitrogens with one attached hydrogen (secondary N) is 1. The summed E-state index contributed by atoms with van der Waals surface area (Å²) in [7, 11) is 1.56. The molecule has 1 amide bonds. The topological polar surface area (TPSA) is 51.2 Å². The minimum absolute atomic E-state index is 0.149. The van der Waals surface area contributed by atoms with Gasteiger partial charge in [-0.25, -0.2) is 0 Å². The Morgan fingerprint density at radius 2 is 2.21 bits per heavy atom. The molecule has 0 unspecified atom stereocenters. The van der Waals surface area contributed by atoms with E-state index in [4.69, 9.17) is 4.74 Å². The smallest absolute Gasteiger partial charge is 0.255 e. The molecular weight excluding hydrogens is 240 g/mol. The van der Waals surface area contributed by atoms with Gasteiger partial charge in [0.15, 0.2) is 0 Å². The Bertz CT molecular complexity index is 568. The van der Waals surface area contributed by atoms with Crippen molar-refractivity contribution in [3.8, 4) is 5.75 Å². The number of aromatic nitrogens is 1. The van der Waals surface area contributed by atoms with Gasteiger partial charge in [0.2, 0.25) is 0 Å². The number of pyridine rings is 1. The summed E-state index contributed by atoms with van der Waals surface area (Å²) >= 11 is 0. The summed E-state index contributed by atoms with van der Waals surface area (Å²) < 4.78 is 5.20. The fourth-order valence-corrected chi connectivity index (χ4v) is 1.78. The highest BCUT2D eigenvalue weighted by molar-refractivity contribution is 5.97. The number of benzene rings is 1. The molecule has 0 bridgehead atoms. The van der Waals surface area contributed by atoms with Crippen molar-refractivity contribution in [2.24, 2.45) is 0 Å². The molecular formula is C15H16N2O2. The van der Waals surface area contributed by atoms with Crippen LogP contribution in [-0.4, -0.2) is 18.0 Å². The summed E-state index contributed by atoms with van der Waals surface area (Å²) in [5.74, 6) is 0.429. The van der Waals surface area contributed by atoms with Gasteiger partial charge in [-0.3, -0.25) is 9.78 Å². The maximum Gasteiger partial charge on any atom is 0.255 e. The molecule has 1 aromatic carbocycles. The monoisotopic (exact) mass is 256 g/mol. The summed E-state index contributed by atoms with van der Waals surface area (Å²) in [6.45, 7) is 2.39. The standard InChI is InChI=1S/C15H16N2O2/c1-11-5-6-14(19-2)13(8-11)15(18)17-10-12-4-3-7-16-9-12/h3-9H,10H2,1-2H3,(H,17,18). The average molecular weight is 256 g/mol. The van der Waals surface area contributed by atoms with Crippen LogP contribution in [0.15, 0.2) is 42.7 Å². The molecule has 2 aromatic rings. The van der Waals surface area contributed by atoms with Crippen LogP contribution in [0.1, 0.15) is 21.5 Å². The zero-order valence-corrected chi connectivity index (χ0v) is 11.0. The Kier molecular flexibility index (Phi) is 4.13. The van der Waals surface area contributed by atoms with E-state index in [-0.39, 0.29) is 5.91 Å². The molecule has 0 aliphatic carbocycles. The highest BCUT2D eigenvalue weighted by Gasteiger charge is 2.11. The zero-order chi connectivity index (χ0) is 13.7. The summed E-state index contributed by atoms with van der Waals surface area (Å²) in [5, 5.41) is 2.86. The third-order valence-electron chi connectivity index (χ3n) is 2.78. The Morgan fingerprint density at radius 3 is 2.89 bits per heavy atom. The lowest BCUT2D eigenvalue weighted by atomic mass is 10.1. The van der Waals surface area contributed by atoms with Gasteiger partial charge in [-0.15, -0.1) is 0 Å². The van der Waals surface area contributed by atoms with Crippen LogP contribution in [0.3, 0.4) is 0 Å². The van der Waals surface area contributed by atoms with E-state index >= 15 is 0 Å². The highest BCUT2D eigenvalue weighted by atomic mass is 16.5. The summed E-state index contributed by atoms with van der Waals surface area (Å²) in [5.41, 5.74) is 2.53. The quantitative estimate of drug-likeness (QED) is 0.913. The van der Waals surface area contributed by atoms with Gasteiger partial charge in [-0.05, 0) is 30.7 Å². The van der Waals surface area contributed by atoms with Gasteiger partial charge in [-0.1, -0.05) is 17.7 Å². The van der Waals surface area contributed by atoms with Crippen LogP contribution in [0.2, 0.25) is 0 Å². The van der Waals surface area contributed by atoms with Crippen molar-refractivity contribution in [2.75, 3.05) is 7.11 Å². The van der Waals surface area contributed by atoms with E-state index in [1.807, 2.05) is 31.2 Å². The van der Waals surface area contributed by atoms with Crippen LogP contribution in [0.25, 0.3) is 0 Å². The normalized spacial score (nSPS) is 10.0. The van der Waals surface area contributed by atoms with Gasteiger partial charge in [0.1, 0.15) is 5.75 Å². The molecule has 0 saturated heterocycles. The molecule has 1 N–H and O–H groups in total. The van der Waals surface area contributed by atoms with E-state index in [0.717, 1.165) is 11.1 Å². The number of rotatable bonds is 4. The fraction of sp³-hybridized carbons (Fsp3) is 0.200. The minimum atomic E-state index is -0.149. The number of nitrogens with zero attached hydrogens (tertiary/aromatic N) is 1. The van der Waals surface area contributed by atoms with E-state index in [2.05, 4.69) is 10.3 Å². The molecule has 2 rings (SSSR count). The molecule has 0 fully saturated rings. The molecule has 1 aromatic heterocycles. The predicted octanol–water partition coefficient (Wildman–Crippen LogP) is 2.33. The van der Waals surface area contributed by atoms with Crippen molar-refractivity contribution in [1.29, 1.82) is 0 Å². The first-order chi connectivity index (χ1) is 9.20. The van der Waals surface area contributed by atoms with Crippen LogP contribution in [0.4, 0.5) is 0 Å². The van der Waals surface area contributed by atoms with Crippen LogP contribution < -0.4 is 10.1 Å². The Morgan fingerprint density at radius 1 is 1.37 bits per heavy atom. The second kappa shape index (κ2) is 6.00. The predicted molar refractivity (Wildman–Crippen MR) is 73.1 cm³/mol. The summed E-state index contributed by atoms with van der Waals surface area (Å²) in [6.07, 6.45) is 3.43. The summed E-state index contributed by atoms with van der Waals surface area (Å²) in [4.78, 5) is 16.1. The molecule has 0 spiro atoms. The molecule has 0 aliphatic heterocycles. The largest absolute Gasteiger partial charge is 0.496 e. The van der Waals surface area contributed by atoms with Crippen LogP contribution in [0, 0.1) is 6.92 Å². The van der Waals surface area contributed by atoms with Gasteiger partial charge in [0.05, 0.1) is 12.7 Å². The molecule has 0 atom stereocenters. The minimum Gasteiger partial charge on any atom is -0.496 e. The first-order valence-corrected chi connectivity index (χ1v) is 6.02. The number of carbonyl (C=O) groups is 1. The lowest BCUT2D eigenvalue weighted by Crippen LogP contribution is -2.23. The van der Waals surface area contributed by atoms with Crippen molar-refractivity contribution in [1.82, 2.24) is 10.3 Å². The SMILES string of the molecule is COc1ccc(C)cc1C(=O)NCc1cccnc1. The van der Waals surface area contributed by atoms with Gasteiger partial charge in [0.25, 0.3) is 5.91 Å². The Hall–Kier alpha value is -2.36. The average Bonchev–Trinajstić information content (AvgIpc) is 2.46. The van der Waals surface area contributed by atoms with Crippen molar-refractivity contribution < 1.29 is 9.53 Å². The Labute approximate surface area is 112 Å². The van der Waals surface area contributed by atoms with Gasteiger partial charge < -0.3 is 10.1 Å².